The lowest BCUT2D eigenvalue weighted by atomic mass is 10.4. The van der Waals surface area contributed by atoms with Crippen molar-refractivity contribution in [3.05, 3.63) is 30.7 Å². The molecule has 0 fully saturated rings. The smallest absolute Gasteiger partial charge is 0.216 e. The van der Waals surface area contributed by atoms with Gasteiger partial charge in [-0.1, -0.05) is 0 Å². The third-order valence-corrected chi connectivity index (χ3v) is 1.37. The zero-order valence-electron chi connectivity index (χ0n) is 6.12. The maximum absolute atomic E-state index is 9.32. The highest BCUT2D eigenvalue weighted by Gasteiger charge is 2.03. The summed E-state index contributed by atoms with van der Waals surface area (Å²) in [5.74, 6) is 0.399. The van der Waals surface area contributed by atoms with Crippen LogP contribution < -0.4 is 0 Å². The van der Waals surface area contributed by atoms with Crippen LogP contribution in [0.15, 0.2) is 30.7 Å². The summed E-state index contributed by atoms with van der Waals surface area (Å²) in [5.41, 5.74) is 0. The van der Waals surface area contributed by atoms with Crippen molar-refractivity contribution in [2.75, 3.05) is 0 Å². The van der Waals surface area contributed by atoms with Crippen LogP contribution in [-0.4, -0.2) is 25.1 Å². The molecule has 0 bridgehead atoms. The predicted molar refractivity (Wildman–Crippen MR) is 40.8 cm³/mol. The normalized spacial score (nSPS) is 10.0. The monoisotopic (exact) mass is 162 g/mol. The molecule has 5 nitrogen and oxygen atoms in total. The number of aromatic nitrogens is 4. The van der Waals surface area contributed by atoms with Gasteiger partial charge in [-0.3, -0.25) is 0 Å². The van der Waals surface area contributed by atoms with Crippen LogP contribution in [0.5, 0.6) is 5.75 Å². The van der Waals surface area contributed by atoms with E-state index in [2.05, 4.69) is 15.2 Å². The second-order valence-corrected chi connectivity index (χ2v) is 2.16. The van der Waals surface area contributed by atoms with Gasteiger partial charge in [0, 0.05) is 6.20 Å². The molecule has 2 aromatic heterocycles. The Kier molecular flexibility index (Phi) is 1.48. The van der Waals surface area contributed by atoms with Gasteiger partial charge in [0.2, 0.25) is 5.82 Å². The van der Waals surface area contributed by atoms with E-state index in [4.69, 9.17) is 0 Å². The lowest BCUT2D eigenvalue weighted by Gasteiger charge is -1.99. The van der Waals surface area contributed by atoms with Crippen LogP contribution in [0.4, 0.5) is 0 Å². The summed E-state index contributed by atoms with van der Waals surface area (Å²) in [4.78, 5) is 5.17. The van der Waals surface area contributed by atoms with Gasteiger partial charge in [-0.15, -0.1) is 4.80 Å². The molecular formula is C7H6N4O. The first-order chi connectivity index (χ1) is 5.88. The Morgan fingerprint density at radius 2 is 1.92 bits per heavy atom. The van der Waals surface area contributed by atoms with Gasteiger partial charge < -0.3 is 5.11 Å². The Morgan fingerprint density at radius 1 is 1.17 bits per heavy atom. The van der Waals surface area contributed by atoms with Gasteiger partial charge in [0.15, 0.2) is 5.75 Å². The molecule has 0 saturated carbocycles. The molecule has 1 N–H and O–H groups in total. The first-order valence-corrected chi connectivity index (χ1v) is 3.38. The molecule has 2 rings (SSSR count). The van der Waals surface area contributed by atoms with Gasteiger partial charge in [0.25, 0.3) is 0 Å². The Balaban J connectivity index is 2.55. The fourth-order valence-corrected chi connectivity index (χ4v) is 0.868. The highest BCUT2D eigenvalue weighted by Crippen LogP contribution is 2.14. The molecule has 0 aliphatic heterocycles. The fraction of sp³-hybridized carbons (Fsp3) is 0. The number of rotatable bonds is 1. The first kappa shape index (κ1) is 6.78. The molecule has 0 aliphatic carbocycles. The van der Waals surface area contributed by atoms with E-state index in [9.17, 15) is 5.11 Å². The second-order valence-electron chi connectivity index (χ2n) is 2.16. The van der Waals surface area contributed by atoms with E-state index in [0.29, 0.717) is 5.82 Å². The second kappa shape index (κ2) is 2.61. The van der Waals surface area contributed by atoms with E-state index in [1.807, 2.05) is 0 Å². The number of aromatic hydroxyl groups is 1. The van der Waals surface area contributed by atoms with Gasteiger partial charge in [-0.05, 0) is 12.1 Å². The fourth-order valence-electron chi connectivity index (χ4n) is 0.868. The molecule has 0 radical (unpaired) electrons. The van der Waals surface area contributed by atoms with Gasteiger partial charge in [0.1, 0.15) is 0 Å². The lowest BCUT2D eigenvalue weighted by Crippen LogP contribution is -2.00. The Labute approximate surface area is 68.3 Å². The van der Waals surface area contributed by atoms with E-state index in [-0.39, 0.29) is 5.75 Å². The van der Waals surface area contributed by atoms with E-state index >= 15 is 0 Å². The van der Waals surface area contributed by atoms with Crippen molar-refractivity contribution in [1.82, 2.24) is 20.0 Å². The zero-order chi connectivity index (χ0) is 8.39. The average Bonchev–Trinajstić information content (AvgIpc) is 2.57. The summed E-state index contributed by atoms with van der Waals surface area (Å²) in [7, 11) is 0. The van der Waals surface area contributed by atoms with Gasteiger partial charge in [-0.25, -0.2) is 4.98 Å². The standard InChI is InChI=1S/C7H6N4O/c12-6-2-1-3-8-7(6)11-9-4-5-10-11/h1-5,12H. The molecule has 12 heavy (non-hydrogen) atoms. The molecule has 0 aliphatic rings. The predicted octanol–water partition coefficient (Wildman–Crippen LogP) is 0.368. The first-order valence-electron chi connectivity index (χ1n) is 3.38. The maximum Gasteiger partial charge on any atom is 0.216 e. The number of nitrogens with zero attached hydrogens (tertiary/aromatic N) is 4. The summed E-state index contributed by atoms with van der Waals surface area (Å²) in [6.45, 7) is 0. The average molecular weight is 162 g/mol. The summed E-state index contributed by atoms with van der Waals surface area (Å²) < 4.78 is 0. The maximum atomic E-state index is 9.32. The molecule has 0 aromatic carbocycles. The van der Waals surface area contributed by atoms with Gasteiger partial charge >= 0.3 is 0 Å². The van der Waals surface area contributed by atoms with Crippen molar-refractivity contribution < 1.29 is 5.11 Å². The van der Waals surface area contributed by atoms with Crippen molar-refractivity contribution in [1.29, 1.82) is 0 Å². The summed E-state index contributed by atoms with van der Waals surface area (Å²) >= 11 is 0. The van der Waals surface area contributed by atoms with Crippen molar-refractivity contribution in [3.8, 4) is 11.6 Å². The van der Waals surface area contributed by atoms with Crippen molar-refractivity contribution >= 4 is 0 Å². The van der Waals surface area contributed by atoms with Crippen LogP contribution in [0.2, 0.25) is 0 Å². The van der Waals surface area contributed by atoms with Crippen LogP contribution in [0.1, 0.15) is 0 Å². The Bertz CT molecular complexity index is 371. The van der Waals surface area contributed by atoms with Crippen LogP contribution in [0.3, 0.4) is 0 Å². The largest absolute Gasteiger partial charge is 0.504 e. The highest BCUT2D eigenvalue weighted by molar-refractivity contribution is 5.36. The molecule has 2 heterocycles. The molecule has 0 amide bonds. The molecule has 0 unspecified atom stereocenters. The number of hydrogen-bond donors (Lipinski definition) is 1. The van der Waals surface area contributed by atoms with Gasteiger partial charge in [0.05, 0.1) is 12.4 Å². The Morgan fingerprint density at radius 3 is 2.58 bits per heavy atom. The van der Waals surface area contributed by atoms with Crippen LogP contribution >= 0.6 is 0 Å². The number of pyridine rings is 1. The third-order valence-electron chi connectivity index (χ3n) is 1.37. The van der Waals surface area contributed by atoms with Crippen molar-refractivity contribution in [3.63, 3.8) is 0 Å². The minimum Gasteiger partial charge on any atom is -0.504 e. The summed E-state index contributed by atoms with van der Waals surface area (Å²) in [6.07, 6.45) is 4.61. The van der Waals surface area contributed by atoms with Crippen LogP contribution in [0.25, 0.3) is 5.82 Å². The molecule has 60 valence electrons. The molecule has 0 spiro atoms. The van der Waals surface area contributed by atoms with E-state index in [1.54, 1.807) is 12.3 Å². The number of hydrogen-bond acceptors (Lipinski definition) is 4. The third kappa shape index (κ3) is 1.01. The van der Waals surface area contributed by atoms with E-state index < -0.39 is 0 Å². The highest BCUT2D eigenvalue weighted by atomic mass is 16.3. The van der Waals surface area contributed by atoms with E-state index in [0.717, 1.165) is 0 Å². The molecule has 5 heteroatoms. The molecule has 2 aromatic rings. The van der Waals surface area contributed by atoms with Crippen LogP contribution in [-0.2, 0) is 0 Å². The minimum atomic E-state index is 0.0636. The van der Waals surface area contributed by atoms with Crippen molar-refractivity contribution in [2.24, 2.45) is 0 Å². The van der Waals surface area contributed by atoms with E-state index in [1.165, 1.54) is 23.3 Å². The van der Waals surface area contributed by atoms with Gasteiger partial charge in [-0.2, -0.15) is 10.2 Å². The SMILES string of the molecule is Oc1cccnc1-n1nccn1. The zero-order valence-corrected chi connectivity index (χ0v) is 6.12. The van der Waals surface area contributed by atoms with Crippen LogP contribution in [0, 0.1) is 0 Å². The topological polar surface area (TPSA) is 63.8 Å². The Hall–Kier alpha value is -1.91. The summed E-state index contributed by atoms with van der Waals surface area (Å²) in [5, 5.41) is 17.0. The quantitative estimate of drug-likeness (QED) is 0.657. The molecule has 0 atom stereocenters. The summed E-state index contributed by atoms with van der Waals surface area (Å²) in [6, 6.07) is 3.17. The van der Waals surface area contributed by atoms with Crippen molar-refractivity contribution in [2.45, 2.75) is 0 Å². The molecular weight excluding hydrogens is 156 g/mol. The minimum absolute atomic E-state index is 0.0636. The molecule has 0 saturated heterocycles. The lowest BCUT2D eigenvalue weighted by molar-refractivity contribution is 0.463.